The van der Waals surface area contributed by atoms with Crippen molar-refractivity contribution in [3.8, 4) is 39.3 Å². The first-order valence-electron chi connectivity index (χ1n) is 18.4. The van der Waals surface area contributed by atoms with Gasteiger partial charge in [-0.2, -0.15) is 0 Å². The molecule has 0 aliphatic carbocycles. The first-order valence-corrected chi connectivity index (χ1v) is 18.4. The van der Waals surface area contributed by atoms with E-state index in [4.69, 9.17) is 9.97 Å². The molecule has 4 heterocycles. The molecule has 7 aromatic carbocycles. The molecule has 0 spiro atoms. The third-order valence-corrected chi connectivity index (χ3v) is 10.7. The topological polar surface area (TPSA) is 48.1 Å². The Balaban J connectivity index is 0.00000396. The Bertz CT molecular complexity index is 3120. The van der Waals surface area contributed by atoms with Gasteiger partial charge in [0.25, 0.3) is 5.92 Å². The molecule has 1 aliphatic rings. The molecule has 0 fully saturated rings. The van der Waals surface area contributed by atoms with Gasteiger partial charge in [-0.05, 0) is 69.5 Å². The molecule has 0 saturated carbocycles. The molecule has 0 amide bonds. The number of hydrogen-bond acceptors (Lipinski definition) is 3. The third-order valence-electron chi connectivity index (χ3n) is 10.7. The van der Waals surface area contributed by atoms with E-state index in [-0.39, 0.29) is 37.9 Å². The Kier molecular flexibility index (Phi) is 8.24. The van der Waals surface area contributed by atoms with Crippen LogP contribution in [0.3, 0.4) is 0 Å². The van der Waals surface area contributed by atoms with E-state index in [1.54, 1.807) is 35.4 Å². The number of pyridine rings is 1. The predicted octanol–water partition coefficient (Wildman–Crippen LogP) is 12.4. The molecule has 0 radical (unpaired) electrons. The van der Waals surface area contributed by atoms with Crippen molar-refractivity contribution in [2.45, 2.75) is 5.92 Å². The van der Waals surface area contributed by atoms with Crippen LogP contribution in [0.2, 0.25) is 0 Å². The predicted molar refractivity (Wildman–Crippen MR) is 220 cm³/mol. The quantitative estimate of drug-likeness (QED) is 0.161. The van der Waals surface area contributed by atoms with Crippen LogP contribution in [0.15, 0.2) is 176 Å². The van der Waals surface area contributed by atoms with Gasteiger partial charge in [0.05, 0.1) is 16.7 Å². The van der Waals surface area contributed by atoms with Crippen molar-refractivity contribution in [3.05, 3.63) is 193 Å². The fourth-order valence-electron chi connectivity index (χ4n) is 8.27. The van der Waals surface area contributed by atoms with Gasteiger partial charge in [0, 0.05) is 23.0 Å². The van der Waals surface area contributed by atoms with E-state index >= 15 is 8.78 Å². The van der Waals surface area contributed by atoms with Crippen molar-refractivity contribution in [3.63, 3.8) is 0 Å². The maximum Gasteiger partial charge on any atom is 2.00 e. The van der Waals surface area contributed by atoms with Crippen molar-refractivity contribution in [2.24, 2.45) is 0 Å². The van der Waals surface area contributed by atoms with E-state index < -0.39 is 5.92 Å². The molecule has 1 aliphatic heterocycles. The van der Waals surface area contributed by atoms with Gasteiger partial charge in [0.2, 0.25) is 0 Å². The molecule has 0 N–H and O–H groups in total. The molecule has 3 aromatic heterocycles. The molecular formula is C49H29F2N5Pt. The standard InChI is InChI=1S/C49H29F2N5.Pt/c50-49(51)38-22-7-8-24-41(38)56(44-26-9-10-29-52-44)43-30-32(27-28-39(43)49)35-19-13-25-42-47(35)54-48(55(42)33-16-5-2-6-17-33)37-21-11-20-36-45-34(31-14-3-1-4-15-31)18-12-23-40(45)53-46(36)37;/h1-29H;/q-2;+2. The molecule has 8 heteroatoms. The van der Waals surface area contributed by atoms with Crippen molar-refractivity contribution in [1.82, 2.24) is 19.5 Å². The van der Waals surface area contributed by atoms with Crippen molar-refractivity contribution in [1.29, 1.82) is 0 Å². The summed E-state index contributed by atoms with van der Waals surface area (Å²) < 4.78 is 34.8. The first-order chi connectivity index (χ1) is 27.6. The summed E-state index contributed by atoms with van der Waals surface area (Å²) in [5.74, 6) is -1.99. The van der Waals surface area contributed by atoms with Gasteiger partial charge in [0.15, 0.2) is 0 Å². The molecule has 11 rings (SSSR count). The van der Waals surface area contributed by atoms with E-state index in [1.807, 2.05) is 60.7 Å². The van der Waals surface area contributed by atoms with Crippen LogP contribution in [0.1, 0.15) is 11.1 Å². The minimum absolute atomic E-state index is 0. The summed E-state index contributed by atoms with van der Waals surface area (Å²) in [6, 6.07) is 57.9. The minimum Gasteiger partial charge on any atom is -0.656 e. The van der Waals surface area contributed by atoms with E-state index in [9.17, 15) is 0 Å². The van der Waals surface area contributed by atoms with Crippen molar-refractivity contribution >= 4 is 50.0 Å². The summed E-state index contributed by atoms with van der Waals surface area (Å²) in [5, 5.41) is 2.14. The molecular weight excluding hydrogens is 892 g/mol. The van der Waals surface area contributed by atoms with Crippen LogP contribution in [0.25, 0.3) is 72.2 Å². The van der Waals surface area contributed by atoms with E-state index in [0.29, 0.717) is 22.6 Å². The number of benzene rings is 7. The Hall–Kier alpha value is -6.69. The van der Waals surface area contributed by atoms with Gasteiger partial charge < -0.3 is 9.88 Å². The van der Waals surface area contributed by atoms with Crippen LogP contribution >= 0.6 is 0 Å². The Morgan fingerprint density at radius 3 is 2.16 bits per heavy atom. The van der Waals surface area contributed by atoms with Gasteiger partial charge in [-0.1, -0.05) is 127 Å². The summed E-state index contributed by atoms with van der Waals surface area (Å²) in [4.78, 5) is 17.0. The molecule has 5 nitrogen and oxygen atoms in total. The van der Waals surface area contributed by atoms with E-state index in [1.165, 1.54) is 12.1 Å². The van der Waals surface area contributed by atoms with Gasteiger partial charge in [-0.25, -0.2) is 18.7 Å². The van der Waals surface area contributed by atoms with Gasteiger partial charge >= 0.3 is 21.1 Å². The summed E-state index contributed by atoms with van der Waals surface area (Å²) in [7, 11) is 0. The molecule has 0 atom stereocenters. The van der Waals surface area contributed by atoms with Crippen molar-refractivity contribution in [2.75, 3.05) is 4.90 Å². The monoisotopic (exact) mass is 920 g/mol. The zero-order chi connectivity index (χ0) is 37.4. The van der Waals surface area contributed by atoms with Crippen LogP contribution in [0, 0.1) is 6.07 Å². The second-order valence-electron chi connectivity index (χ2n) is 13.9. The van der Waals surface area contributed by atoms with E-state index in [0.717, 1.165) is 61.1 Å². The molecule has 57 heavy (non-hydrogen) atoms. The van der Waals surface area contributed by atoms with Crippen LogP contribution in [-0.2, 0) is 27.0 Å². The molecule has 0 unspecified atom stereocenters. The smallest absolute Gasteiger partial charge is 0.656 e. The summed E-state index contributed by atoms with van der Waals surface area (Å²) in [6.45, 7) is 0. The summed E-state index contributed by atoms with van der Waals surface area (Å²) in [5.41, 5.74) is 9.22. The maximum absolute atomic E-state index is 16.3. The number of rotatable bonds is 5. The van der Waals surface area contributed by atoms with Crippen LogP contribution in [0.5, 0.6) is 0 Å². The number of alkyl halides is 2. The van der Waals surface area contributed by atoms with Crippen LogP contribution < -0.4 is 9.88 Å². The molecule has 274 valence electrons. The number of aromatic nitrogens is 4. The number of nitrogens with zero attached hydrogens (tertiary/aromatic N) is 5. The van der Waals surface area contributed by atoms with Crippen LogP contribution in [-0.4, -0.2) is 14.5 Å². The van der Waals surface area contributed by atoms with Gasteiger partial charge in [0.1, 0.15) is 11.6 Å². The van der Waals surface area contributed by atoms with Crippen LogP contribution in [0.4, 0.5) is 26.0 Å². The normalized spacial score (nSPS) is 13.1. The number of halogens is 2. The second kappa shape index (κ2) is 13.5. The number of fused-ring (bicyclic) bond motifs is 6. The largest absolute Gasteiger partial charge is 2.00 e. The van der Waals surface area contributed by atoms with Crippen molar-refractivity contribution < 1.29 is 29.8 Å². The average molecular weight is 921 g/mol. The Morgan fingerprint density at radius 1 is 0.614 bits per heavy atom. The zero-order valence-electron chi connectivity index (χ0n) is 30.1. The number of imidazole rings is 1. The number of hydrogen-bond donors (Lipinski definition) is 0. The Morgan fingerprint density at radius 2 is 1.33 bits per heavy atom. The molecule has 0 saturated heterocycles. The number of para-hydroxylation sites is 4. The molecule has 10 aromatic rings. The second-order valence-corrected chi connectivity index (χ2v) is 13.9. The summed E-state index contributed by atoms with van der Waals surface area (Å²) >= 11 is 0. The fourth-order valence-corrected chi connectivity index (χ4v) is 8.27. The SMILES string of the molecule is FC1(F)c2ccc(-c3cccc4c3nc(-c3cccc5c3[n-]c3cccc(-c6ccccc6)c35)n4-c3ccccc3)[c-]c2N(c2ccccn2)c2ccccc21.[Pt+2]. The molecule has 0 bridgehead atoms. The van der Waals surface area contributed by atoms with Gasteiger partial charge in [-0.15, -0.1) is 34.8 Å². The first kappa shape index (κ1) is 34.8. The summed E-state index contributed by atoms with van der Waals surface area (Å²) in [6.07, 6.45) is 1.67. The van der Waals surface area contributed by atoms with Gasteiger partial charge in [-0.3, -0.25) is 4.57 Å². The Labute approximate surface area is 341 Å². The zero-order valence-corrected chi connectivity index (χ0v) is 32.3. The fraction of sp³-hybridized carbons (Fsp3) is 0.0204. The van der Waals surface area contributed by atoms with E-state index in [2.05, 4.69) is 88.4 Å². The number of anilines is 3. The maximum atomic E-state index is 16.3. The average Bonchev–Trinajstić information content (AvgIpc) is 3.84. The minimum atomic E-state index is -3.24. The third kappa shape index (κ3) is 5.37.